The van der Waals surface area contributed by atoms with Gasteiger partial charge in [-0.25, -0.2) is 0 Å². The number of carbonyl (C=O) groups is 3. The van der Waals surface area contributed by atoms with Gasteiger partial charge in [-0.2, -0.15) is 0 Å². The van der Waals surface area contributed by atoms with Crippen LogP contribution in [0.25, 0.3) is 0 Å². The first-order chi connectivity index (χ1) is 16.0. The fraction of sp³-hybridized carbons (Fsp3) is 0.440. The van der Waals surface area contributed by atoms with Gasteiger partial charge in [0.1, 0.15) is 6.04 Å². The van der Waals surface area contributed by atoms with Gasteiger partial charge in [0, 0.05) is 55.1 Å². The first-order valence-electron chi connectivity index (χ1n) is 11.5. The van der Waals surface area contributed by atoms with E-state index in [1.54, 1.807) is 41.6 Å². The summed E-state index contributed by atoms with van der Waals surface area (Å²) in [5, 5.41) is 3.59. The molecule has 2 saturated heterocycles. The molecule has 2 aliphatic rings. The molecule has 1 N–H and O–H groups in total. The van der Waals surface area contributed by atoms with Gasteiger partial charge in [0.15, 0.2) is 0 Å². The Labute approximate surface area is 199 Å². The van der Waals surface area contributed by atoms with Gasteiger partial charge in [-0.05, 0) is 74.1 Å². The van der Waals surface area contributed by atoms with Crippen molar-refractivity contribution < 1.29 is 14.4 Å². The maximum absolute atomic E-state index is 13.2. The van der Waals surface area contributed by atoms with Crippen molar-refractivity contribution in [2.75, 3.05) is 26.2 Å². The lowest BCUT2D eigenvalue weighted by atomic mass is 9.95. The Morgan fingerprint density at radius 3 is 2.36 bits per heavy atom. The summed E-state index contributed by atoms with van der Waals surface area (Å²) in [6.07, 6.45) is 7.04. The lowest BCUT2D eigenvalue weighted by Crippen LogP contribution is -2.51. The summed E-state index contributed by atoms with van der Waals surface area (Å²) in [5.41, 5.74) is 1.68. The molecule has 0 unspecified atom stereocenters. The summed E-state index contributed by atoms with van der Waals surface area (Å²) < 4.78 is 0. The van der Waals surface area contributed by atoms with E-state index < -0.39 is 6.04 Å². The number of amides is 3. The lowest BCUT2D eigenvalue weighted by molar-refractivity contribution is -0.138. The molecule has 0 radical (unpaired) electrons. The monoisotopic (exact) mass is 468 g/mol. The standard InChI is InChI=1S/C25H29ClN4O3/c26-21-5-3-20(4-6-21)24(32)30-15-1-2-22(30)25(33)29-16-10-19(11-17-29)23(31)28-14-9-18-7-12-27-13-8-18/h3-8,12-13,19,22H,1-2,9-11,14-17H2,(H,28,31)/t22-/m1/s1. The number of benzene rings is 1. The quantitative estimate of drug-likeness (QED) is 0.706. The van der Waals surface area contributed by atoms with Crippen LogP contribution in [0.3, 0.4) is 0 Å². The van der Waals surface area contributed by atoms with Gasteiger partial charge < -0.3 is 15.1 Å². The third-order valence-corrected chi connectivity index (χ3v) is 6.78. The predicted octanol–water partition coefficient (Wildman–Crippen LogP) is 2.94. The van der Waals surface area contributed by atoms with Crippen molar-refractivity contribution in [3.05, 3.63) is 64.9 Å². The number of aromatic nitrogens is 1. The average molecular weight is 469 g/mol. The van der Waals surface area contributed by atoms with Gasteiger partial charge in [-0.3, -0.25) is 19.4 Å². The molecule has 174 valence electrons. The first-order valence-corrected chi connectivity index (χ1v) is 11.9. The number of nitrogens with zero attached hydrogens (tertiary/aromatic N) is 3. The van der Waals surface area contributed by atoms with E-state index in [-0.39, 0.29) is 23.6 Å². The van der Waals surface area contributed by atoms with E-state index in [1.807, 2.05) is 17.0 Å². The Kier molecular flexibility index (Phi) is 7.60. The minimum Gasteiger partial charge on any atom is -0.356 e. The van der Waals surface area contributed by atoms with Crippen LogP contribution in [0.4, 0.5) is 0 Å². The zero-order valence-corrected chi connectivity index (χ0v) is 19.3. The number of hydrogen-bond acceptors (Lipinski definition) is 4. The maximum Gasteiger partial charge on any atom is 0.254 e. The summed E-state index contributed by atoms with van der Waals surface area (Å²) >= 11 is 5.93. The molecular weight excluding hydrogens is 440 g/mol. The van der Waals surface area contributed by atoms with Crippen molar-refractivity contribution in [2.45, 2.75) is 38.1 Å². The number of carbonyl (C=O) groups excluding carboxylic acids is 3. The molecule has 3 amide bonds. The van der Waals surface area contributed by atoms with Crippen molar-refractivity contribution in [1.82, 2.24) is 20.1 Å². The molecule has 1 atom stereocenters. The Morgan fingerprint density at radius 2 is 1.67 bits per heavy atom. The highest BCUT2D eigenvalue weighted by Gasteiger charge is 2.38. The Hall–Kier alpha value is -2.93. The third kappa shape index (κ3) is 5.71. The van der Waals surface area contributed by atoms with Crippen LogP contribution < -0.4 is 5.32 Å². The summed E-state index contributed by atoms with van der Waals surface area (Å²) in [5.74, 6) is -0.171. The SMILES string of the molecule is O=C(NCCc1ccncc1)C1CCN(C(=O)[C@H]2CCCN2C(=O)c2ccc(Cl)cc2)CC1. The van der Waals surface area contributed by atoms with E-state index in [1.165, 1.54) is 0 Å². The van der Waals surface area contributed by atoms with Crippen molar-refractivity contribution >= 4 is 29.3 Å². The van der Waals surface area contributed by atoms with Crippen LogP contribution in [-0.4, -0.2) is 64.7 Å². The molecule has 2 fully saturated rings. The minimum absolute atomic E-state index is 0.00800. The number of halogens is 1. The van der Waals surface area contributed by atoms with Crippen LogP contribution in [0.2, 0.25) is 5.02 Å². The van der Waals surface area contributed by atoms with E-state index >= 15 is 0 Å². The van der Waals surface area contributed by atoms with Crippen LogP contribution in [-0.2, 0) is 16.0 Å². The highest BCUT2D eigenvalue weighted by atomic mass is 35.5. The molecule has 8 heteroatoms. The minimum atomic E-state index is -0.432. The zero-order chi connectivity index (χ0) is 23.2. The van der Waals surface area contributed by atoms with Crippen molar-refractivity contribution in [3.63, 3.8) is 0 Å². The fourth-order valence-electron chi connectivity index (χ4n) is 4.62. The molecule has 3 heterocycles. The van der Waals surface area contributed by atoms with Gasteiger partial charge in [0.05, 0.1) is 0 Å². The van der Waals surface area contributed by atoms with Gasteiger partial charge >= 0.3 is 0 Å². The predicted molar refractivity (Wildman–Crippen MR) is 126 cm³/mol. The van der Waals surface area contributed by atoms with Gasteiger partial charge in [0.2, 0.25) is 11.8 Å². The number of pyridine rings is 1. The van der Waals surface area contributed by atoms with Crippen molar-refractivity contribution in [3.8, 4) is 0 Å². The second kappa shape index (κ2) is 10.8. The van der Waals surface area contributed by atoms with Crippen LogP contribution in [0, 0.1) is 5.92 Å². The molecule has 4 rings (SSSR count). The molecule has 7 nitrogen and oxygen atoms in total. The normalized spacial score (nSPS) is 18.9. The van der Waals surface area contributed by atoms with Gasteiger partial charge in [0.25, 0.3) is 5.91 Å². The van der Waals surface area contributed by atoms with Crippen LogP contribution >= 0.6 is 11.6 Å². The van der Waals surface area contributed by atoms with Crippen LogP contribution in [0.15, 0.2) is 48.8 Å². The number of hydrogen-bond donors (Lipinski definition) is 1. The molecule has 0 saturated carbocycles. The fourth-order valence-corrected chi connectivity index (χ4v) is 4.75. The van der Waals surface area contributed by atoms with Crippen molar-refractivity contribution in [2.24, 2.45) is 5.92 Å². The van der Waals surface area contributed by atoms with Crippen LogP contribution in [0.5, 0.6) is 0 Å². The van der Waals surface area contributed by atoms with Crippen molar-refractivity contribution in [1.29, 1.82) is 0 Å². The van der Waals surface area contributed by atoms with Crippen LogP contribution in [0.1, 0.15) is 41.6 Å². The molecule has 0 bridgehead atoms. The lowest BCUT2D eigenvalue weighted by Gasteiger charge is -2.35. The molecule has 1 aromatic heterocycles. The summed E-state index contributed by atoms with van der Waals surface area (Å²) in [6.45, 7) is 2.25. The number of piperidine rings is 1. The Balaban J connectivity index is 1.26. The number of rotatable bonds is 6. The van der Waals surface area contributed by atoms with Gasteiger partial charge in [-0.1, -0.05) is 11.6 Å². The molecule has 2 aliphatic heterocycles. The largest absolute Gasteiger partial charge is 0.356 e. The Morgan fingerprint density at radius 1 is 0.970 bits per heavy atom. The highest BCUT2D eigenvalue weighted by Crippen LogP contribution is 2.25. The summed E-state index contributed by atoms with van der Waals surface area (Å²) in [7, 11) is 0. The molecule has 0 spiro atoms. The zero-order valence-electron chi connectivity index (χ0n) is 18.6. The summed E-state index contributed by atoms with van der Waals surface area (Å²) in [4.78, 5) is 46.2. The van der Waals surface area contributed by atoms with E-state index in [0.717, 1.165) is 18.4 Å². The Bertz CT molecular complexity index is 975. The van der Waals surface area contributed by atoms with E-state index in [0.29, 0.717) is 56.0 Å². The van der Waals surface area contributed by atoms with E-state index in [9.17, 15) is 14.4 Å². The second-order valence-corrected chi connectivity index (χ2v) is 9.10. The third-order valence-electron chi connectivity index (χ3n) is 6.53. The van der Waals surface area contributed by atoms with E-state index in [2.05, 4.69) is 10.3 Å². The second-order valence-electron chi connectivity index (χ2n) is 8.66. The first kappa shape index (κ1) is 23.2. The van der Waals surface area contributed by atoms with Gasteiger partial charge in [-0.15, -0.1) is 0 Å². The van der Waals surface area contributed by atoms with E-state index in [4.69, 9.17) is 11.6 Å². The summed E-state index contributed by atoms with van der Waals surface area (Å²) in [6, 6.07) is 10.2. The number of likely N-dealkylation sites (tertiary alicyclic amines) is 2. The molecular formula is C25H29ClN4O3. The maximum atomic E-state index is 13.2. The highest BCUT2D eigenvalue weighted by molar-refractivity contribution is 6.30. The molecule has 0 aliphatic carbocycles. The average Bonchev–Trinajstić information content (AvgIpc) is 3.34. The number of nitrogens with one attached hydrogen (secondary N) is 1. The molecule has 33 heavy (non-hydrogen) atoms. The molecule has 1 aromatic carbocycles. The smallest absolute Gasteiger partial charge is 0.254 e. The molecule has 2 aromatic rings. The topological polar surface area (TPSA) is 82.6 Å².